The molecule has 0 spiro atoms. The molecule has 7 heteroatoms. The summed E-state index contributed by atoms with van der Waals surface area (Å²) < 4.78 is 10.5. The average molecular weight is 429 g/mol. The van der Waals surface area contributed by atoms with Crippen LogP contribution in [0.4, 0.5) is 11.4 Å². The number of aryl methyl sites for hydroxylation is 2. The fourth-order valence-corrected chi connectivity index (χ4v) is 3.08. The Labute approximate surface area is 183 Å². The van der Waals surface area contributed by atoms with E-state index >= 15 is 0 Å². The van der Waals surface area contributed by atoms with Gasteiger partial charge in [-0.05, 0) is 95.2 Å². The van der Waals surface area contributed by atoms with Crippen LogP contribution in [0.15, 0.2) is 36.4 Å². The first-order valence-electron chi connectivity index (χ1n) is 9.77. The van der Waals surface area contributed by atoms with E-state index in [4.69, 9.17) is 21.7 Å². The molecule has 0 amide bonds. The Hall–Kier alpha value is -2.93. The number of esters is 2. The maximum atomic E-state index is 12.4. The van der Waals surface area contributed by atoms with Crippen molar-refractivity contribution in [2.24, 2.45) is 0 Å². The molecule has 0 bridgehead atoms. The summed E-state index contributed by atoms with van der Waals surface area (Å²) in [5.74, 6) is -1.05. The van der Waals surface area contributed by atoms with Gasteiger partial charge >= 0.3 is 11.9 Å². The first-order valence-corrected chi connectivity index (χ1v) is 10.2. The van der Waals surface area contributed by atoms with Gasteiger partial charge in [0.05, 0.1) is 23.3 Å². The fourth-order valence-electron chi connectivity index (χ4n) is 2.84. The van der Waals surface area contributed by atoms with E-state index in [9.17, 15) is 9.59 Å². The number of hydrogen-bond acceptors (Lipinski definition) is 5. The van der Waals surface area contributed by atoms with E-state index in [0.717, 1.165) is 16.8 Å². The van der Waals surface area contributed by atoms with Crippen LogP contribution in [0.3, 0.4) is 0 Å². The van der Waals surface area contributed by atoms with Crippen molar-refractivity contribution < 1.29 is 19.1 Å². The van der Waals surface area contributed by atoms with E-state index in [2.05, 4.69) is 16.7 Å². The van der Waals surface area contributed by atoms with E-state index in [0.29, 0.717) is 10.8 Å². The monoisotopic (exact) mass is 428 g/mol. The van der Waals surface area contributed by atoms with Gasteiger partial charge < -0.3 is 20.1 Å². The maximum absolute atomic E-state index is 12.4. The summed E-state index contributed by atoms with van der Waals surface area (Å²) in [4.78, 5) is 24.8. The number of thiocarbonyl (C=S) groups is 1. The van der Waals surface area contributed by atoms with Gasteiger partial charge in [0, 0.05) is 11.4 Å². The highest BCUT2D eigenvalue weighted by atomic mass is 32.1. The molecule has 0 saturated carbocycles. The summed E-state index contributed by atoms with van der Waals surface area (Å²) in [6, 6.07) is 10.7. The third-order valence-electron chi connectivity index (χ3n) is 3.83. The van der Waals surface area contributed by atoms with Gasteiger partial charge in [-0.15, -0.1) is 0 Å². The fraction of sp³-hybridized carbons (Fsp3) is 0.348. The minimum atomic E-state index is -0.527. The molecule has 160 valence electrons. The second-order valence-electron chi connectivity index (χ2n) is 7.66. The molecule has 0 atom stereocenters. The molecule has 2 rings (SSSR count). The quantitative estimate of drug-likeness (QED) is 0.481. The molecule has 0 aliphatic carbocycles. The molecule has 0 fully saturated rings. The minimum Gasteiger partial charge on any atom is -0.459 e. The van der Waals surface area contributed by atoms with Gasteiger partial charge in [0.15, 0.2) is 5.11 Å². The number of benzene rings is 2. The summed E-state index contributed by atoms with van der Waals surface area (Å²) in [6.45, 7) is 11.1. The number of nitrogens with one attached hydrogen (secondary N) is 2. The molecule has 0 aliphatic heterocycles. The maximum Gasteiger partial charge on any atom is 0.338 e. The molecule has 6 nitrogen and oxygen atoms in total. The predicted molar refractivity (Wildman–Crippen MR) is 123 cm³/mol. The highest BCUT2D eigenvalue weighted by Crippen LogP contribution is 2.20. The molecule has 0 heterocycles. The van der Waals surface area contributed by atoms with Gasteiger partial charge in [0.25, 0.3) is 0 Å². The van der Waals surface area contributed by atoms with Gasteiger partial charge in [-0.25, -0.2) is 9.59 Å². The van der Waals surface area contributed by atoms with Crippen molar-refractivity contribution in [3.05, 3.63) is 58.7 Å². The zero-order valence-electron chi connectivity index (χ0n) is 18.2. The number of ether oxygens (including phenoxy) is 2. The molecule has 30 heavy (non-hydrogen) atoms. The van der Waals surface area contributed by atoms with Crippen molar-refractivity contribution in [1.29, 1.82) is 0 Å². The Kier molecular flexibility index (Phi) is 7.94. The third-order valence-corrected chi connectivity index (χ3v) is 4.03. The Balaban J connectivity index is 2.28. The lowest BCUT2D eigenvalue weighted by Crippen LogP contribution is -2.21. The smallest absolute Gasteiger partial charge is 0.338 e. The van der Waals surface area contributed by atoms with Gasteiger partial charge in [-0.1, -0.05) is 6.07 Å². The van der Waals surface area contributed by atoms with Crippen LogP contribution in [0.1, 0.15) is 59.5 Å². The molecular formula is C23H28N2O4S. The zero-order chi connectivity index (χ0) is 22.4. The van der Waals surface area contributed by atoms with Crippen molar-refractivity contribution in [3.8, 4) is 0 Å². The van der Waals surface area contributed by atoms with Crippen molar-refractivity contribution in [1.82, 2.24) is 0 Å². The first-order chi connectivity index (χ1) is 14.0. The lowest BCUT2D eigenvalue weighted by molar-refractivity contribution is 0.0377. The van der Waals surface area contributed by atoms with E-state index in [-0.39, 0.29) is 23.3 Å². The van der Waals surface area contributed by atoms with Crippen LogP contribution in [0.5, 0.6) is 0 Å². The van der Waals surface area contributed by atoms with Crippen molar-refractivity contribution in [2.75, 3.05) is 10.6 Å². The van der Waals surface area contributed by atoms with E-state index in [1.165, 1.54) is 6.07 Å². The highest BCUT2D eigenvalue weighted by molar-refractivity contribution is 7.80. The molecule has 2 aromatic rings. The van der Waals surface area contributed by atoms with Gasteiger partial charge in [-0.2, -0.15) is 0 Å². The molecule has 2 N–H and O–H groups in total. The van der Waals surface area contributed by atoms with Crippen molar-refractivity contribution >= 4 is 40.6 Å². The van der Waals surface area contributed by atoms with Crippen LogP contribution in [0.2, 0.25) is 0 Å². The number of anilines is 2. The van der Waals surface area contributed by atoms with Crippen LogP contribution in [0.25, 0.3) is 0 Å². The van der Waals surface area contributed by atoms with E-state index < -0.39 is 11.9 Å². The average Bonchev–Trinajstić information content (AvgIpc) is 2.59. The Morgan fingerprint density at radius 2 is 1.13 bits per heavy atom. The molecule has 0 unspecified atom stereocenters. The summed E-state index contributed by atoms with van der Waals surface area (Å²) in [6.07, 6.45) is -0.569. The van der Waals surface area contributed by atoms with Gasteiger partial charge in [0.2, 0.25) is 0 Å². The van der Waals surface area contributed by atoms with Crippen LogP contribution in [0, 0.1) is 13.8 Å². The molecule has 0 saturated heterocycles. The number of carbonyl (C=O) groups excluding carboxylic acids is 2. The summed E-state index contributed by atoms with van der Waals surface area (Å²) >= 11 is 5.41. The van der Waals surface area contributed by atoms with Gasteiger partial charge in [-0.3, -0.25) is 0 Å². The standard InChI is InChI=1S/C23H28N2O4S/c1-13(2)28-21(26)17-10-18(22(27)29-14(3)4)12-20(11-17)25-23(30)24-19-8-15(5)7-16(6)9-19/h7-14H,1-6H3,(H2,24,25,30). The first kappa shape index (κ1) is 23.3. The minimum absolute atomic E-state index is 0.235. The Bertz CT molecular complexity index is 894. The number of carbonyl (C=O) groups is 2. The zero-order valence-corrected chi connectivity index (χ0v) is 19.0. The summed E-state index contributed by atoms with van der Waals surface area (Å²) in [5.41, 5.74) is 4.01. The Morgan fingerprint density at radius 1 is 0.733 bits per heavy atom. The largest absolute Gasteiger partial charge is 0.459 e. The molecular weight excluding hydrogens is 400 g/mol. The molecule has 0 radical (unpaired) electrons. The van der Waals surface area contributed by atoms with Crippen molar-refractivity contribution in [3.63, 3.8) is 0 Å². The molecule has 0 aliphatic rings. The summed E-state index contributed by atoms with van der Waals surface area (Å²) in [7, 11) is 0. The summed E-state index contributed by atoms with van der Waals surface area (Å²) in [5, 5.41) is 6.48. The lowest BCUT2D eigenvalue weighted by Gasteiger charge is -2.15. The Morgan fingerprint density at radius 3 is 1.53 bits per heavy atom. The van der Waals surface area contributed by atoms with Crippen LogP contribution in [-0.4, -0.2) is 29.3 Å². The predicted octanol–water partition coefficient (Wildman–Crippen LogP) is 5.24. The second-order valence-corrected chi connectivity index (χ2v) is 8.07. The normalized spacial score (nSPS) is 10.7. The number of rotatable bonds is 6. The topological polar surface area (TPSA) is 76.7 Å². The molecule has 0 aromatic heterocycles. The highest BCUT2D eigenvalue weighted by Gasteiger charge is 2.17. The van der Waals surface area contributed by atoms with E-state index in [1.807, 2.05) is 26.0 Å². The van der Waals surface area contributed by atoms with E-state index in [1.54, 1.807) is 39.8 Å². The van der Waals surface area contributed by atoms with Gasteiger partial charge in [0.1, 0.15) is 0 Å². The van der Waals surface area contributed by atoms with Crippen LogP contribution in [-0.2, 0) is 9.47 Å². The van der Waals surface area contributed by atoms with Crippen LogP contribution >= 0.6 is 12.2 Å². The number of hydrogen-bond donors (Lipinski definition) is 2. The molecule has 2 aromatic carbocycles. The van der Waals surface area contributed by atoms with Crippen molar-refractivity contribution in [2.45, 2.75) is 53.8 Å². The SMILES string of the molecule is Cc1cc(C)cc(NC(=S)Nc2cc(C(=O)OC(C)C)cc(C(=O)OC(C)C)c2)c1. The van der Waals surface area contributed by atoms with Crippen LogP contribution < -0.4 is 10.6 Å². The third kappa shape index (κ3) is 7.15. The second kappa shape index (κ2) is 10.2. The lowest BCUT2D eigenvalue weighted by atomic mass is 10.1.